The summed E-state index contributed by atoms with van der Waals surface area (Å²) in [5.41, 5.74) is 3.56. The van der Waals surface area contributed by atoms with Gasteiger partial charge in [0.2, 0.25) is 10.0 Å². The van der Waals surface area contributed by atoms with Gasteiger partial charge in [-0.3, -0.25) is 5.01 Å². The lowest BCUT2D eigenvalue weighted by Crippen LogP contribution is -2.21. The average Bonchev–Trinajstić information content (AvgIpc) is 3.55. The predicted octanol–water partition coefficient (Wildman–Crippen LogP) is 5.18. The molecular formula is C30H39Cl2N5O2S. The highest BCUT2D eigenvalue weighted by molar-refractivity contribution is 7.89. The van der Waals surface area contributed by atoms with Gasteiger partial charge in [0.05, 0.1) is 10.6 Å². The molecule has 0 bridgehead atoms. The number of sulfonamides is 1. The summed E-state index contributed by atoms with van der Waals surface area (Å²) in [4.78, 5) is 2.61. The van der Waals surface area contributed by atoms with Gasteiger partial charge in [-0.05, 0) is 94.1 Å². The predicted molar refractivity (Wildman–Crippen MR) is 167 cm³/mol. The molecule has 2 N–H and O–H groups in total. The molecule has 2 heterocycles. The Bertz CT molecular complexity index is 1320. The van der Waals surface area contributed by atoms with Crippen molar-refractivity contribution in [2.45, 2.75) is 17.2 Å². The fourth-order valence-electron chi connectivity index (χ4n) is 4.69. The number of likely N-dealkylation sites (tertiary alicyclic amines) is 1. The topological polar surface area (TPSA) is 77.0 Å². The fourth-order valence-corrected chi connectivity index (χ4v) is 5.67. The highest BCUT2D eigenvalue weighted by Gasteiger charge is 2.27. The van der Waals surface area contributed by atoms with Gasteiger partial charge < -0.3 is 10.2 Å². The van der Waals surface area contributed by atoms with Crippen LogP contribution < -0.4 is 10.0 Å². The molecule has 216 valence electrons. The Kier molecular flexibility index (Phi) is 12.4. The minimum atomic E-state index is -3.32. The summed E-state index contributed by atoms with van der Waals surface area (Å²) in [5, 5.41) is 11.1. The van der Waals surface area contributed by atoms with Crippen molar-refractivity contribution in [1.82, 2.24) is 19.9 Å². The maximum atomic E-state index is 11.2. The first-order chi connectivity index (χ1) is 19.1. The summed E-state index contributed by atoms with van der Waals surface area (Å²) in [5.74, 6) is 1.23. The Labute approximate surface area is 249 Å². The van der Waals surface area contributed by atoms with Crippen molar-refractivity contribution in [2.75, 3.05) is 54.4 Å². The Hall–Kier alpha value is -2.46. The van der Waals surface area contributed by atoms with Gasteiger partial charge in [0.25, 0.3) is 0 Å². The second kappa shape index (κ2) is 15.5. The van der Waals surface area contributed by atoms with E-state index in [0.717, 1.165) is 28.8 Å². The van der Waals surface area contributed by atoms with Crippen LogP contribution in [0.2, 0.25) is 10.0 Å². The van der Waals surface area contributed by atoms with Crippen LogP contribution in [0.5, 0.6) is 0 Å². The molecule has 10 heteroatoms. The van der Waals surface area contributed by atoms with Gasteiger partial charge in [-0.1, -0.05) is 65.7 Å². The highest BCUT2D eigenvalue weighted by atomic mass is 35.5. The molecule has 1 saturated heterocycles. The van der Waals surface area contributed by atoms with E-state index in [1.54, 1.807) is 0 Å². The Morgan fingerprint density at radius 3 is 2.00 bits per heavy atom. The van der Waals surface area contributed by atoms with Crippen molar-refractivity contribution >= 4 is 38.9 Å². The molecule has 3 aromatic rings. The van der Waals surface area contributed by atoms with Crippen LogP contribution in [0.15, 0.2) is 88.9 Å². The number of hydrazone groups is 1. The quantitative estimate of drug-likeness (QED) is 0.406. The Morgan fingerprint density at radius 2 is 1.48 bits per heavy atom. The molecule has 7 nitrogen and oxygen atoms in total. The van der Waals surface area contributed by atoms with Gasteiger partial charge in [0.1, 0.15) is 0 Å². The van der Waals surface area contributed by atoms with Crippen LogP contribution >= 0.6 is 23.2 Å². The number of likely N-dealkylation sites (N-methyl/N-ethyl adjacent to an activating group) is 1. The summed E-state index contributed by atoms with van der Waals surface area (Å²) in [7, 11) is 4.27. The minimum Gasteiger partial charge on any atom is -0.319 e. The summed E-state index contributed by atoms with van der Waals surface area (Å²) in [6.07, 6.45) is 1.37. The number of halogens is 2. The SMILES string of the molecule is CN1CC(c2ccccc2)C(c2ccc(Cl)cc2)=N1.CNCC1CCN(C)C1.CNS(=O)(=O)c1ccc(Cl)cc1. The van der Waals surface area contributed by atoms with Crippen molar-refractivity contribution in [1.29, 1.82) is 0 Å². The third-order valence-corrected chi connectivity index (χ3v) is 8.71. The molecule has 3 aromatic carbocycles. The molecule has 40 heavy (non-hydrogen) atoms. The number of nitrogens with one attached hydrogen (secondary N) is 2. The van der Waals surface area contributed by atoms with Crippen molar-refractivity contribution in [2.24, 2.45) is 11.0 Å². The van der Waals surface area contributed by atoms with Gasteiger partial charge in [0, 0.05) is 36.1 Å². The molecular weight excluding hydrogens is 565 g/mol. The number of hydrogen-bond acceptors (Lipinski definition) is 6. The summed E-state index contributed by atoms with van der Waals surface area (Å²) in [6, 6.07) is 24.4. The van der Waals surface area contributed by atoms with Crippen molar-refractivity contribution in [3.63, 3.8) is 0 Å². The maximum Gasteiger partial charge on any atom is 0.240 e. The van der Waals surface area contributed by atoms with E-state index in [2.05, 4.69) is 51.4 Å². The van der Waals surface area contributed by atoms with Gasteiger partial charge in [-0.2, -0.15) is 5.10 Å². The third kappa shape index (κ3) is 9.58. The molecule has 0 saturated carbocycles. The summed E-state index contributed by atoms with van der Waals surface area (Å²) >= 11 is 11.5. The molecule has 2 aliphatic heterocycles. The second-order valence-corrected chi connectivity index (χ2v) is 12.7. The standard InChI is InChI=1S/C16H15ClN2.C7H8ClNO2S.C7H16N2/c1-19-11-15(12-5-3-2-4-6-12)16(18-19)13-7-9-14(17)10-8-13;1-9-12(10,11)7-4-2-6(8)3-5-7;1-8-5-7-3-4-9(2)6-7/h2-10,15H,11H2,1H3;2-5,9H,1H3;7-8H,3-6H2,1-2H3. The lowest BCUT2D eigenvalue weighted by atomic mass is 9.91. The summed E-state index contributed by atoms with van der Waals surface area (Å²) < 4.78 is 24.5. The smallest absolute Gasteiger partial charge is 0.240 e. The van der Waals surface area contributed by atoms with Crippen LogP contribution in [0.1, 0.15) is 23.5 Å². The van der Waals surface area contributed by atoms with E-state index < -0.39 is 10.0 Å². The maximum absolute atomic E-state index is 11.2. The van der Waals surface area contributed by atoms with E-state index in [-0.39, 0.29) is 4.90 Å². The van der Waals surface area contributed by atoms with E-state index in [1.165, 1.54) is 62.9 Å². The fraction of sp³-hybridized carbons (Fsp3) is 0.367. The highest BCUT2D eigenvalue weighted by Crippen LogP contribution is 2.28. The molecule has 0 spiro atoms. The van der Waals surface area contributed by atoms with E-state index in [9.17, 15) is 8.42 Å². The van der Waals surface area contributed by atoms with Crippen LogP contribution in [0.4, 0.5) is 0 Å². The zero-order valence-corrected chi connectivity index (χ0v) is 25.8. The van der Waals surface area contributed by atoms with E-state index in [1.807, 2.05) is 49.4 Å². The second-order valence-electron chi connectivity index (χ2n) is 9.93. The van der Waals surface area contributed by atoms with Crippen LogP contribution in [0.25, 0.3) is 0 Å². The number of benzene rings is 3. The monoisotopic (exact) mass is 603 g/mol. The molecule has 5 rings (SSSR count). The lowest BCUT2D eigenvalue weighted by Gasteiger charge is -2.13. The van der Waals surface area contributed by atoms with Crippen molar-refractivity contribution in [3.05, 3.63) is 100 Å². The molecule has 0 amide bonds. The average molecular weight is 605 g/mol. The zero-order chi connectivity index (χ0) is 29.1. The van der Waals surface area contributed by atoms with Crippen LogP contribution in [0, 0.1) is 5.92 Å². The third-order valence-electron chi connectivity index (χ3n) is 6.77. The number of nitrogens with zero attached hydrogens (tertiary/aromatic N) is 3. The molecule has 1 fully saturated rings. The summed E-state index contributed by atoms with van der Waals surface area (Å²) in [6.45, 7) is 4.67. The van der Waals surface area contributed by atoms with Gasteiger partial charge >= 0.3 is 0 Å². The Balaban J connectivity index is 0.000000180. The normalized spacial score (nSPS) is 18.9. The first kappa shape index (κ1) is 32.1. The van der Waals surface area contributed by atoms with E-state index in [0.29, 0.717) is 10.9 Å². The molecule has 2 unspecified atom stereocenters. The van der Waals surface area contributed by atoms with Gasteiger partial charge in [-0.25, -0.2) is 13.1 Å². The Morgan fingerprint density at radius 1 is 0.875 bits per heavy atom. The van der Waals surface area contributed by atoms with E-state index in [4.69, 9.17) is 23.2 Å². The first-order valence-corrected chi connectivity index (χ1v) is 15.5. The van der Waals surface area contributed by atoms with Crippen molar-refractivity contribution < 1.29 is 8.42 Å². The first-order valence-electron chi connectivity index (χ1n) is 13.3. The largest absolute Gasteiger partial charge is 0.319 e. The zero-order valence-electron chi connectivity index (χ0n) is 23.5. The minimum absolute atomic E-state index is 0.217. The van der Waals surface area contributed by atoms with Crippen LogP contribution in [-0.4, -0.2) is 78.4 Å². The van der Waals surface area contributed by atoms with Gasteiger partial charge in [-0.15, -0.1) is 0 Å². The van der Waals surface area contributed by atoms with Crippen molar-refractivity contribution in [3.8, 4) is 0 Å². The molecule has 2 aliphatic rings. The molecule has 0 radical (unpaired) electrons. The lowest BCUT2D eigenvalue weighted by molar-refractivity contribution is 0.381. The van der Waals surface area contributed by atoms with Gasteiger partial charge in [0.15, 0.2) is 0 Å². The molecule has 0 aromatic heterocycles. The number of rotatable bonds is 6. The van der Waals surface area contributed by atoms with E-state index >= 15 is 0 Å². The van der Waals surface area contributed by atoms with Crippen LogP contribution in [-0.2, 0) is 10.0 Å². The molecule has 2 atom stereocenters. The van der Waals surface area contributed by atoms with Crippen LogP contribution in [0.3, 0.4) is 0 Å². The number of hydrogen-bond donors (Lipinski definition) is 2. The molecule has 0 aliphatic carbocycles.